The number of nitrogens with zero attached hydrogens (tertiary/aromatic N) is 2. The summed E-state index contributed by atoms with van der Waals surface area (Å²) in [4.78, 5) is 19.9. The van der Waals surface area contributed by atoms with Gasteiger partial charge in [-0.05, 0) is 69.7 Å². The number of ether oxygens (including phenoxy) is 1. The first-order chi connectivity index (χ1) is 13.9. The minimum atomic E-state index is 0.206. The van der Waals surface area contributed by atoms with E-state index in [1.165, 1.54) is 29.5 Å². The van der Waals surface area contributed by atoms with Crippen molar-refractivity contribution in [3.8, 4) is 5.75 Å². The zero-order chi connectivity index (χ0) is 21.0. The van der Waals surface area contributed by atoms with Crippen LogP contribution in [0.1, 0.15) is 73.3 Å². The van der Waals surface area contributed by atoms with E-state index >= 15 is 0 Å². The normalized spacial score (nSPS) is 15.5. The fourth-order valence-corrected chi connectivity index (χ4v) is 4.73. The molecule has 1 aliphatic rings. The highest BCUT2D eigenvalue weighted by atomic mass is 32.1. The van der Waals surface area contributed by atoms with Crippen molar-refractivity contribution in [2.24, 2.45) is 5.92 Å². The molecule has 1 aromatic carbocycles. The summed E-state index contributed by atoms with van der Waals surface area (Å²) in [6.45, 7) is 11.7. The fourth-order valence-electron chi connectivity index (χ4n) is 4.03. The average Bonchev–Trinajstić information content (AvgIpc) is 3.38. The molecule has 4 nitrogen and oxygen atoms in total. The first kappa shape index (κ1) is 21.8. The summed E-state index contributed by atoms with van der Waals surface area (Å²) < 4.78 is 6.07. The third-order valence-corrected chi connectivity index (χ3v) is 7.03. The lowest BCUT2D eigenvalue weighted by atomic mass is 10.0. The maximum absolute atomic E-state index is 13.0. The Labute approximate surface area is 179 Å². The van der Waals surface area contributed by atoms with Gasteiger partial charge in [0.15, 0.2) is 0 Å². The number of rotatable bonds is 8. The minimum absolute atomic E-state index is 0.206. The standard InChI is InChI=1S/C24H34N2O2S/c1-6-18(4)26(24(27)20-9-7-8-10-20)13-21-15-29-23(25-21)14-28-22-12-16(2)11-17(3)19(22)5/h11-12,15,18,20H,6-10,13-14H2,1-5H3/t18-/m1/s1. The van der Waals surface area contributed by atoms with Crippen LogP contribution in [0.4, 0.5) is 0 Å². The Kier molecular flexibility index (Phi) is 7.33. The molecule has 2 aromatic rings. The van der Waals surface area contributed by atoms with Crippen LogP contribution >= 0.6 is 11.3 Å². The molecule has 3 rings (SSSR count). The van der Waals surface area contributed by atoms with E-state index in [2.05, 4.69) is 52.1 Å². The second kappa shape index (κ2) is 9.75. The summed E-state index contributed by atoms with van der Waals surface area (Å²) in [5.41, 5.74) is 4.60. The molecule has 5 heteroatoms. The molecule has 1 atom stereocenters. The summed E-state index contributed by atoms with van der Waals surface area (Å²) in [5, 5.41) is 3.03. The highest BCUT2D eigenvalue weighted by Gasteiger charge is 2.29. The van der Waals surface area contributed by atoms with Gasteiger partial charge in [0.2, 0.25) is 5.91 Å². The minimum Gasteiger partial charge on any atom is -0.486 e. The van der Waals surface area contributed by atoms with Crippen LogP contribution in [0.3, 0.4) is 0 Å². The van der Waals surface area contributed by atoms with E-state index in [-0.39, 0.29) is 12.0 Å². The number of thiazole rings is 1. The zero-order valence-electron chi connectivity index (χ0n) is 18.5. The maximum atomic E-state index is 13.0. The Balaban J connectivity index is 1.65. The largest absolute Gasteiger partial charge is 0.486 e. The zero-order valence-corrected chi connectivity index (χ0v) is 19.3. The van der Waals surface area contributed by atoms with Crippen molar-refractivity contribution in [3.63, 3.8) is 0 Å². The Bertz CT molecular complexity index is 839. The van der Waals surface area contributed by atoms with E-state index < -0.39 is 0 Å². The van der Waals surface area contributed by atoms with E-state index in [1.54, 1.807) is 11.3 Å². The molecule has 0 N–H and O–H groups in total. The first-order valence-corrected chi connectivity index (χ1v) is 11.7. The van der Waals surface area contributed by atoms with Crippen LogP contribution in [-0.2, 0) is 17.9 Å². The summed E-state index contributed by atoms with van der Waals surface area (Å²) in [7, 11) is 0. The predicted molar refractivity (Wildman–Crippen MR) is 119 cm³/mol. The molecule has 0 unspecified atom stereocenters. The Morgan fingerprint density at radius 1 is 1.28 bits per heavy atom. The molecule has 0 saturated heterocycles. The third kappa shape index (κ3) is 5.39. The summed E-state index contributed by atoms with van der Waals surface area (Å²) in [5.74, 6) is 1.45. The van der Waals surface area contributed by atoms with Crippen LogP contribution in [-0.4, -0.2) is 21.8 Å². The lowest BCUT2D eigenvalue weighted by molar-refractivity contribution is -0.138. The van der Waals surface area contributed by atoms with E-state index in [9.17, 15) is 4.79 Å². The monoisotopic (exact) mass is 414 g/mol. The van der Waals surface area contributed by atoms with E-state index in [4.69, 9.17) is 9.72 Å². The lowest BCUT2D eigenvalue weighted by Crippen LogP contribution is -2.41. The molecular weight excluding hydrogens is 380 g/mol. The number of hydrogen-bond donors (Lipinski definition) is 0. The number of carbonyl (C=O) groups is 1. The number of benzene rings is 1. The van der Waals surface area contributed by atoms with Crippen molar-refractivity contribution in [2.45, 2.75) is 85.9 Å². The molecule has 0 aliphatic heterocycles. The number of amides is 1. The van der Waals surface area contributed by atoms with Gasteiger partial charge >= 0.3 is 0 Å². The Hall–Kier alpha value is -1.88. The van der Waals surface area contributed by atoms with Crippen molar-refractivity contribution in [2.75, 3.05) is 0 Å². The van der Waals surface area contributed by atoms with Crippen molar-refractivity contribution in [1.29, 1.82) is 0 Å². The van der Waals surface area contributed by atoms with Crippen molar-refractivity contribution < 1.29 is 9.53 Å². The molecule has 0 radical (unpaired) electrons. The molecule has 29 heavy (non-hydrogen) atoms. The van der Waals surface area contributed by atoms with Gasteiger partial charge in [-0.3, -0.25) is 4.79 Å². The molecule has 1 aromatic heterocycles. The van der Waals surface area contributed by atoms with Gasteiger partial charge in [-0.1, -0.05) is 25.8 Å². The summed E-state index contributed by atoms with van der Waals surface area (Å²) >= 11 is 1.61. The summed E-state index contributed by atoms with van der Waals surface area (Å²) in [6.07, 6.45) is 5.40. The molecule has 1 amide bonds. The Morgan fingerprint density at radius 2 is 2.00 bits per heavy atom. The fraction of sp³-hybridized carbons (Fsp3) is 0.583. The van der Waals surface area contributed by atoms with Crippen LogP contribution in [0, 0.1) is 26.7 Å². The predicted octanol–water partition coefficient (Wildman–Crippen LogP) is 5.96. The van der Waals surface area contributed by atoms with Crippen LogP contribution in [0.25, 0.3) is 0 Å². The second-order valence-corrected chi connectivity index (χ2v) is 9.37. The van der Waals surface area contributed by atoms with Gasteiger partial charge in [-0.2, -0.15) is 0 Å². The van der Waals surface area contributed by atoms with Gasteiger partial charge in [0.25, 0.3) is 0 Å². The first-order valence-electron chi connectivity index (χ1n) is 10.8. The molecule has 0 bridgehead atoms. The van der Waals surface area contributed by atoms with E-state index in [0.29, 0.717) is 19.1 Å². The Morgan fingerprint density at radius 3 is 2.69 bits per heavy atom. The van der Waals surface area contributed by atoms with Gasteiger partial charge in [-0.25, -0.2) is 4.98 Å². The second-order valence-electron chi connectivity index (χ2n) is 8.43. The van der Waals surface area contributed by atoms with Gasteiger partial charge in [-0.15, -0.1) is 11.3 Å². The van der Waals surface area contributed by atoms with E-state index in [0.717, 1.165) is 35.7 Å². The van der Waals surface area contributed by atoms with E-state index in [1.807, 2.05) is 4.90 Å². The SMILES string of the molecule is CC[C@@H](C)N(Cc1csc(COc2cc(C)cc(C)c2C)n1)C(=O)C1CCCC1. The molecule has 1 heterocycles. The van der Waals surface area contributed by atoms with Gasteiger partial charge in [0, 0.05) is 17.3 Å². The third-order valence-electron chi connectivity index (χ3n) is 6.16. The van der Waals surface area contributed by atoms with Crippen molar-refractivity contribution in [3.05, 3.63) is 44.9 Å². The highest BCUT2D eigenvalue weighted by molar-refractivity contribution is 7.09. The molecular formula is C24H34N2O2S. The molecule has 1 aliphatic carbocycles. The maximum Gasteiger partial charge on any atom is 0.226 e. The van der Waals surface area contributed by atoms with Gasteiger partial charge in [0.1, 0.15) is 17.4 Å². The van der Waals surface area contributed by atoms with Crippen molar-refractivity contribution in [1.82, 2.24) is 9.88 Å². The van der Waals surface area contributed by atoms with Crippen molar-refractivity contribution >= 4 is 17.2 Å². The number of carbonyl (C=O) groups excluding carboxylic acids is 1. The number of aromatic nitrogens is 1. The molecule has 0 spiro atoms. The number of hydrogen-bond acceptors (Lipinski definition) is 4. The van der Waals surface area contributed by atoms with Crippen LogP contribution in [0.2, 0.25) is 0 Å². The smallest absolute Gasteiger partial charge is 0.226 e. The molecule has 1 saturated carbocycles. The average molecular weight is 415 g/mol. The number of aryl methyl sites for hydroxylation is 2. The van der Waals surface area contributed by atoms with Crippen LogP contribution in [0.5, 0.6) is 5.75 Å². The molecule has 1 fully saturated rings. The highest BCUT2D eigenvalue weighted by Crippen LogP contribution is 2.29. The topological polar surface area (TPSA) is 42.4 Å². The summed E-state index contributed by atoms with van der Waals surface area (Å²) in [6, 6.07) is 4.50. The lowest BCUT2D eigenvalue weighted by Gasteiger charge is -2.30. The van der Waals surface area contributed by atoms with Crippen LogP contribution < -0.4 is 4.74 Å². The quantitative estimate of drug-likeness (QED) is 0.535. The molecule has 158 valence electrons. The van der Waals surface area contributed by atoms with Gasteiger partial charge in [0.05, 0.1) is 12.2 Å². The van der Waals surface area contributed by atoms with Gasteiger partial charge < -0.3 is 9.64 Å². The van der Waals surface area contributed by atoms with Crippen LogP contribution in [0.15, 0.2) is 17.5 Å².